The number of aryl methyl sites for hydroxylation is 2. The number of benzene rings is 1. The summed E-state index contributed by atoms with van der Waals surface area (Å²) in [7, 11) is 1.75. The van der Waals surface area contributed by atoms with Crippen molar-refractivity contribution in [3.8, 4) is 0 Å². The maximum atomic E-state index is 12.7. The molecule has 0 N–H and O–H groups in total. The third-order valence-corrected chi connectivity index (χ3v) is 5.57. The first-order chi connectivity index (χ1) is 12.6. The van der Waals surface area contributed by atoms with Crippen molar-refractivity contribution in [1.29, 1.82) is 0 Å². The van der Waals surface area contributed by atoms with Crippen molar-refractivity contribution in [3.05, 3.63) is 62.3 Å². The molecule has 1 aromatic carbocycles. The zero-order valence-corrected chi connectivity index (χ0v) is 16.0. The van der Waals surface area contributed by atoms with Crippen LogP contribution in [0.5, 0.6) is 0 Å². The maximum absolute atomic E-state index is 12.7. The lowest BCUT2D eigenvalue weighted by atomic mass is 10.1. The second-order valence-electron chi connectivity index (χ2n) is 6.52. The number of fused-ring (bicyclic) bond motifs is 3. The zero-order valence-electron chi connectivity index (χ0n) is 15.1. The fourth-order valence-electron chi connectivity index (χ4n) is 3.26. The molecule has 7 heteroatoms. The van der Waals surface area contributed by atoms with Gasteiger partial charge in [0.05, 0.1) is 17.4 Å². The van der Waals surface area contributed by atoms with Crippen LogP contribution >= 0.6 is 11.3 Å². The molecule has 0 radical (unpaired) electrons. The van der Waals surface area contributed by atoms with Gasteiger partial charge in [0.2, 0.25) is 5.78 Å². The number of nitrogens with zero attached hydrogens (tertiary/aromatic N) is 5. The van der Waals surface area contributed by atoms with Crippen LogP contribution in [0.15, 0.2) is 40.5 Å². The second-order valence-corrected chi connectivity index (χ2v) is 7.55. The molecule has 3 aromatic heterocycles. The molecule has 0 spiro atoms. The third-order valence-electron chi connectivity index (χ3n) is 4.71. The highest BCUT2D eigenvalue weighted by Gasteiger charge is 2.17. The monoisotopic (exact) mass is 367 g/mol. The molecule has 0 atom stereocenters. The summed E-state index contributed by atoms with van der Waals surface area (Å²) in [6, 6.07) is 10.2. The fraction of sp³-hybridized carbons (Fsp3) is 0.316. The molecule has 0 amide bonds. The Hall–Kier alpha value is -2.51. The van der Waals surface area contributed by atoms with Crippen molar-refractivity contribution in [2.75, 3.05) is 6.54 Å². The smallest absolute Gasteiger partial charge is 0.262 e. The molecule has 6 nitrogen and oxygen atoms in total. The van der Waals surface area contributed by atoms with Crippen LogP contribution in [0.4, 0.5) is 0 Å². The quantitative estimate of drug-likeness (QED) is 0.544. The van der Waals surface area contributed by atoms with Gasteiger partial charge >= 0.3 is 0 Å². The van der Waals surface area contributed by atoms with E-state index in [1.165, 1.54) is 4.88 Å². The van der Waals surface area contributed by atoms with Gasteiger partial charge in [-0.25, -0.2) is 0 Å². The van der Waals surface area contributed by atoms with Gasteiger partial charge in [0.25, 0.3) is 5.56 Å². The average Bonchev–Trinajstić information content (AvgIpc) is 3.29. The van der Waals surface area contributed by atoms with E-state index in [-0.39, 0.29) is 5.56 Å². The molecule has 0 saturated heterocycles. The molecule has 134 valence electrons. The van der Waals surface area contributed by atoms with Gasteiger partial charge in [0, 0.05) is 18.5 Å². The summed E-state index contributed by atoms with van der Waals surface area (Å²) in [6.45, 7) is 6.61. The van der Waals surface area contributed by atoms with Crippen LogP contribution < -0.4 is 5.56 Å². The SMILES string of the molecule is CCN(Cc1cccs1)Cc1nnc2n(C)c(=O)c3cc(C)ccc3n12. The van der Waals surface area contributed by atoms with E-state index in [4.69, 9.17) is 0 Å². The first-order valence-corrected chi connectivity index (χ1v) is 9.54. The van der Waals surface area contributed by atoms with E-state index in [2.05, 4.69) is 39.5 Å². The highest BCUT2D eigenvalue weighted by atomic mass is 32.1. The Bertz CT molecular complexity index is 1130. The van der Waals surface area contributed by atoms with Crippen molar-refractivity contribution in [2.24, 2.45) is 7.05 Å². The van der Waals surface area contributed by atoms with Crippen LogP contribution in [-0.2, 0) is 20.1 Å². The van der Waals surface area contributed by atoms with Crippen LogP contribution in [0.3, 0.4) is 0 Å². The van der Waals surface area contributed by atoms with Gasteiger partial charge in [-0.05, 0) is 37.0 Å². The van der Waals surface area contributed by atoms with E-state index in [1.54, 1.807) is 23.0 Å². The Kier molecular flexibility index (Phi) is 4.34. The van der Waals surface area contributed by atoms with Gasteiger partial charge in [-0.1, -0.05) is 24.6 Å². The molecule has 0 aliphatic rings. The van der Waals surface area contributed by atoms with Gasteiger partial charge in [-0.2, -0.15) is 0 Å². The Balaban J connectivity index is 1.83. The lowest BCUT2D eigenvalue weighted by Crippen LogP contribution is -2.24. The molecule has 0 bridgehead atoms. The van der Waals surface area contributed by atoms with Crippen molar-refractivity contribution >= 4 is 28.0 Å². The predicted molar refractivity (Wildman–Crippen MR) is 105 cm³/mol. The topological polar surface area (TPSA) is 55.4 Å². The zero-order chi connectivity index (χ0) is 18.3. The molecule has 0 aliphatic heterocycles. The summed E-state index contributed by atoms with van der Waals surface area (Å²) in [5.41, 5.74) is 1.89. The molecule has 26 heavy (non-hydrogen) atoms. The Morgan fingerprint density at radius 2 is 2.04 bits per heavy atom. The minimum atomic E-state index is -0.0407. The number of rotatable bonds is 5. The van der Waals surface area contributed by atoms with Crippen LogP contribution in [0, 0.1) is 6.92 Å². The number of hydrogen-bond donors (Lipinski definition) is 0. The van der Waals surface area contributed by atoms with Crippen LogP contribution in [0.25, 0.3) is 16.7 Å². The van der Waals surface area contributed by atoms with E-state index < -0.39 is 0 Å². The molecule has 0 unspecified atom stereocenters. The van der Waals surface area contributed by atoms with Crippen molar-refractivity contribution in [3.63, 3.8) is 0 Å². The fourth-order valence-corrected chi connectivity index (χ4v) is 4.01. The lowest BCUT2D eigenvalue weighted by Gasteiger charge is -2.19. The highest BCUT2D eigenvalue weighted by molar-refractivity contribution is 7.09. The van der Waals surface area contributed by atoms with Crippen molar-refractivity contribution in [1.82, 2.24) is 24.1 Å². The standard InChI is InChI=1S/C19H21N5OS/c1-4-23(11-14-6-5-9-26-14)12-17-20-21-19-22(3)18(25)15-10-13(2)7-8-16(15)24(17)19/h5-10H,4,11-12H2,1-3H3. The van der Waals surface area contributed by atoms with E-state index in [0.717, 1.165) is 30.0 Å². The lowest BCUT2D eigenvalue weighted by molar-refractivity contribution is 0.266. The van der Waals surface area contributed by atoms with Gasteiger partial charge in [0.1, 0.15) is 0 Å². The van der Waals surface area contributed by atoms with Crippen LogP contribution in [-0.4, -0.2) is 30.6 Å². The molecule has 3 heterocycles. The highest BCUT2D eigenvalue weighted by Crippen LogP contribution is 2.18. The first-order valence-electron chi connectivity index (χ1n) is 8.66. The Morgan fingerprint density at radius 1 is 1.19 bits per heavy atom. The Labute approximate surface area is 155 Å². The van der Waals surface area contributed by atoms with Gasteiger partial charge in [-0.15, -0.1) is 21.5 Å². The van der Waals surface area contributed by atoms with E-state index >= 15 is 0 Å². The maximum Gasteiger partial charge on any atom is 0.262 e. The van der Waals surface area contributed by atoms with E-state index in [9.17, 15) is 4.79 Å². The predicted octanol–water partition coefficient (Wildman–Crippen LogP) is 2.97. The average molecular weight is 367 g/mol. The minimum Gasteiger partial charge on any atom is -0.291 e. The minimum absolute atomic E-state index is 0.0407. The van der Waals surface area contributed by atoms with Gasteiger partial charge in [0.15, 0.2) is 5.82 Å². The molecule has 4 rings (SSSR count). The normalized spacial score (nSPS) is 11.8. The van der Waals surface area contributed by atoms with Gasteiger partial charge in [-0.3, -0.25) is 18.7 Å². The molecule has 0 fully saturated rings. The second kappa shape index (κ2) is 6.66. The summed E-state index contributed by atoms with van der Waals surface area (Å²) in [6.07, 6.45) is 0. The number of thiophene rings is 1. The summed E-state index contributed by atoms with van der Waals surface area (Å²) in [5, 5.41) is 11.5. The van der Waals surface area contributed by atoms with Crippen molar-refractivity contribution in [2.45, 2.75) is 26.9 Å². The largest absolute Gasteiger partial charge is 0.291 e. The van der Waals surface area contributed by atoms with Gasteiger partial charge < -0.3 is 0 Å². The van der Waals surface area contributed by atoms with E-state index in [0.29, 0.717) is 17.7 Å². The van der Waals surface area contributed by atoms with Crippen LogP contribution in [0.1, 0.15) is 23.2 Å². The summed E-state index contributed by atoms with van der Waals surface area (Å²) in [4.78, 5) is 16.3. The molecule has 0 saturated carbocycles. The van der Waals surface area contributed by atoms with Crippen molar-refractivity contribution < 1.29 is 0 Å². The molecule has 0 aliphatic carbocycles. The Morgan fingerprint density at radius 3 is 2.77 bits per heavy atom. The first kappa shape index (κ1) is 16.9. The third kappa shape index (κ3) is 2.83. The summed E-state index contributed by atoms with van der Waals surface area (Å²) in [5.74, 6) is 1.43. The molecular weight excluding hydrogens is 346 g/mol. The van der Waals surface area contributed by atoms with Crippen LogP contribution in [0.2, 0.25) is 0 Å². The summed E-state index contributed by atoms with van der Waals surface area (Å²) < 4.78 is 3.58. The number of aromatic nitrogens is 4. The van der Waals surface area contributed by atoms with E-state index in [1.807, 2.05) is 29.5 Å². The number of hydrogen-bond acceptors (Lipinski definition) is 5. The molecule has 4 aromatic rings. The molecular formula is C19H21N5OS. The summed E-state index contributed by atoms with van der Waals surface area (Å²) >= 11 is 1.76.